The van der Waals surface area contributed by atoms with Crippen LogP contribution in [0.2, 0.25) is 0 Å². The van der Waals surface area contributed by atoms with Gasteiger partial charge in [0.15, 0.2) is 5.69 Å². The second-order valence-electron chi connectivity index (χ2n) is 8.81. The highest BCUT2D eigenvalue weighted by atomic mass is 32.1. The van der Waals surface area contributed by atoms with Gasteiger partial charge in [0.1, 0.15) is 5.82 Å². The van der Waals surface area contributed by atoms with Gasteiger partial charge in [-0.3, -0.25) is 14.3 Å². The van der Waals surface area contributed by atoms with E-state index in [0.717, 1.165) is 27.6 Å². The van der Waals surface area contributed by atoms with Gasteiger partial charge in [0.2, 0.25) is 0 Å². The van der Waals surface area contributed by atoms with Gasteiger partial charge in [-0.2, -0.15) is 5.10 Å². The Morgan fingerprint density at radius 2 is 1.91 bits per heavy atom. The summed E-state index contributed by atoms with van der Waals surface area (Å²) in [6.07, 6.45) is 0. The van der Waals surface area contributed by atoms with Crippen molar-refractivity contribution in [2.75, 3.05) is 5.32 Å². The maximum Gasteiger partial charge on any atom is 0.276 e. The molecule has 0 saturated carbocycles. The molecule has 0 spiro atoms. The van der Waals surface area contributed by atoms with Gasteiger partial charge in [-0.05, 0) is 24.3 Å². The highest BCUT2D eigenvalue weighted by Crippen LogP contribution is 2.26. The van der Waals surface area contributed by atoms with E-state index in [9.17, 15) is 9.59 Å². The first kappa shape index (κ1) is 20.2. The van der Waals surface area contributed by atoms with Gasteiger partial charge in [-0.15, -0.1) is 11.3 Å². The van der Waals surface area contributed by atoms with Crippen LogP contribution in [0.15, 0.2) is 45.9 Å². The van der Waals surface area contributed by atoms with Crippen LogP contribution in [0.25, 0.3) is 33.3 Å². The van der Waals surface area contributed by atoms with Gasteiger partial charge < -0.3 is 15.3 Å². The zero-order valence-corrected chi connectivity index (χ0v) is 18.9. The number of fused-ring (bicyclic) bond motifs is 2. The van der Waals surface area contributed by atoms with Crippen molar-refractivity contribution in [2.45, 2.75) is 26.2 Å². The molecule has 0 saturated heterocycles. The molecule has 1 aromatic carbocycles. The number of anilines is 1. The van der Waals surface area contributed by atoms with Gasteiger partial charge in [0, 0.05) is 45.8 Å². The predicted octanol–water partition coefficient (Wildman–Crippen LogP) is 4.42. The fourth-order valence-corrected chi connectivity index (χ4v) is 4.24. The Morgan fingerprint density at radius 3 is 2.66 bits per heavy atom. The van der Waals surface area contributed by atoms with Gasteiger partial charge in [-0.1, -0.05) is 20.8 Å². The third-order valence-corrected chi connectivity index (χ3v) is 6.10. The van der Waals surface area contributed by atoms with Crippen molar-refractivity contribution in [1.82, 2.24) is 24.7 Å². The molecular weight excluding hydrogens is 424 g/mol. The largest absolute Gasteiger partial charge is 0.353 e. The average molecular weight is 447 g/mol. The number of aromatic amines is 2. The molecular formula is C23H22N6O2S. The Bertz CT molecular complexity index is 1550. The van der Waals surface area contributed by atoms with E-state index in [-0.39, 0.29) is 16.9 Å². The predicted molar refractivity (Wildman–Crippen MR) is 127 cm³/mol. The first-order valence-corrected chi connectivity index (χ1v) is 11.1. The number of benzene rings is 1. The molecule has 9 heteroatoms. The van der Waals surface area contributed by atoms with Crippen molar-refractivity contribution in [2.24, 2.45) is 7.05 Å². The van der Waals surface area contributed by atoms with Gasteiger partial charge in [0.25, 0.3) is 11.5 Å². The Morgan fingerprint density at radius 1 is 1.09 bits per heavy atom. The molecule has 8 nitrogen and oxygen atoms in total. The molecule has 0 aliphatic heterocycles. The van der Waals surface area contributed by atoms with Crippen LogP contribution in [0.5, 0.6) is 0 Å². The van der Waals surface area contributed by atoms with Gasteiger partial charge in [0.05, 0.1) is 22.4 Å². The number of aromatic nitrogens is 5. The van der Waals surface area contributed by atoms with Crippen LogP contribution in [0.4, 0.5) is 5.82 Å². The third kappa shape index (κ3) is 3.50. The van der Waals surface area contributed by atoms with Crippen LogP contribution in [0.1, 0.15) is 36.8 Å². The summed E-state index contributed by atoms with van der Waals surface area (Å²) < 4.78 is 1.67. The first-order valence-electron chi connectivity index (χ1n) is 10.1. The SMILES string of the molecule is Cn1nc(C(C)(C)C)cc1NC(=O)c1ccc2[nH]c(-c3nc4cscc4[nH]c3=O)cc2c1. The molecule has 0 aliphatic carbocycles. The second kappa shape index (κ2) is 7.16. The van der Waals surface area contributed by atoms with Crippen LogP contribution in [0.3, 0.4) is 0 Å². The van der Waals surface area contributed by atoms with Crippen molar-refractivity contribution in [3.63, 3.8) is 0 Å². The van der Waals surface area contributed by atoms with E-state index in [4.69, 9.17) is 0 Å². The molecule has 0 fully saturated rings. The molecule has 0 atom stereocenters. The quantitative estimate of drug-likeness (QED) is 0.381. The Balaban J connectivity index is 1.46. The number of thiophene rings is 1. The second-order valence-corrected chi connectivity index (χ2v) is 9.56. The van der Waals surface area contributed by atoms with Crippen LogP contribution >= 0.6 is 11.3 Å². The van der Waals surface area contributed by atoms with Crippen molar-refractivity contribution in [1.29, 1.82) is 0 Å². The minimum absolute atomic E-state index is 0.112. The summed E-state index contributed by atoms with van der Waals surface area (Å²) in [5, 5.41) is 12.0. The number of carbonyl (C=O) groups is 1. The average Bonchev–Trinajstić information content (AvgIpc) is 3.44. The summed E-state index contributed by atoms with van der Waals surface area (Å²) in [5.41, 5.74) is 4.26. The Hall–Kier alpha value is -3.72. The van der Waals surface area contributed by atoms with Crippen LogP contribution < -0.4 is 10.9 Å². The fraction of sp³-hybridized carbons (Fsp3) is 0.217. The lowest BCUT2D eigenvalue weighted by Crippen LogP contribution is -2.14. The van der Waals surface area contributed by atoms with E-state index in [1.165, 1.54) is 11.3 Å². The number of hydrogen-bond donors (Lipinski definition) is 3. The molecule has 4 heterocycles. The number of amides is 1. The van der Waals surface area contributed by atoms with E-state index in [0.29, 0.717) is 22.8 Å². The summed E-state index contributed by atoms with van der Waals surface area (Å²) in [6, 6.07) is 9.10. The molecule has 5 aromatic rings. The van der Waals surface area contributed by atoms with Crippen LogP contribution in [0, 0.1) is 0 Å². The van der Waals surface area contributed by atoms with Crippen molar-refractivity contribution < 1.29 is 4.79 Å². The number of carbonyl (C=O) groups excluding carboxylic acids is 1. The zero-order chi connectivity index (χ0) is 22.6. The fourth-order valence-electron chi connectivity index (χ4n) is 3.55. The van der Waals surface area contributed by atoms with Crippen LogP contribution in [-0.4, -0.2) is 30.6 Å². The maximum atomic E-state index is 12.9. The summed E-state index contributed by atoms with van der Waals surface area (Å²) in [4.78, 5) is 36.0. The zero-order valence-electron chi connectivity index (χ0n) is 18.1. The van der Waals surface area contributed by atoms with Gasteiger partial charge >= 0.3 is 0 Å². The molecule has 0 aliphatic rings. The van der Waals surface area contributed by atoms with E-state index < -0.39 is 0 Å². The lowest BCUT2D eigenvalue weighted by molar-refractivity contribution is 0.102. The Kier molecular flexibility index (Phi) is 4.52. The Labute approximate surface area is 187 Å². The summed E-state index contributed by atoms with van der Waals surface area (Å²) in [5.74, 6) is 0.406. The monoisotopic (exact) mass is 446 g/mol. The number of H-pyrrole nitrogens is 2. The smallest absolute Gasteiger partial charge is 0.276 e. The summed E-state index contributed by atoms with van der Waals surface area (Å²) >= 11 is 1.49. The minimum atomic E-state index is -0.258. The minimum Gasteiger partial charge on any atom is -0.353 e. The number of nitrogens with one attached hydrogen (secondary N) is 3. The maximum absolute atomic E-state index is 12.9. The number of rotatable bonds is 3. The topological polar surface area (TPSA) is 108 Å². The highest BCUT2D eigenvalue weighted by molar-refractivity contribution is 7.09. The van der Waals surface area contributed by atoms with Crippen LogP contribution in [-0.2, 0) is 12.5 Å². The van der Waals surface area contributed by atoms with Crippen molar-refractivity contribution in [3.8, 4) is 11.4 Å². The van der Waals surface area contributed by atoms with E-state index in [2.05, 4.69) is 46.1 Å². The van der Waals surface area contributed by atoms with Gasteiger partial charge in [-0.25, -0.2) is 4.98 Å². The molecule has 5 rings (SSSR count). The van der Waals surface area contributed by atoms with E-state index in [1.54, 1.807) is 23.9 Å². The molecule has 1 amide bonds. The van der Waals surface area contributed by atoms with E-state index in [1.807, 2.05) is 29.0 Å². The molecule has 32 heavy (non-hydrogen) atoms. The summed E-state index contributed by atoms with van der Waals surface area (Å²) in [6.45, 7) is 6.23. The highest BCUT2D eigenvalue weighted by Gasteiger charge is 2.20. The van der Waals surface area contributed by atoms with Crippen molar-refractivity contribution in [3.05, 3.63) is 62.7 Å². The molecule has 3 N–H and O–H groups in total. The molecule has 0 bridgehead atoms. The molecule has 0 radical (unpaired) electrons. The number of nitrogens with zero attached hydrogens (tertiary/aromatic N) is 3. The number of aryl methyl sites for hydroxylation is 1. The lowest BCUT2D eigenvalue weighted by Gasteiger charge is -2.13. The summed E-state index contributed by atoms with van der Waals surface area (Å²) in [7, 11) is 1.81. The standard InChI is InChI=1S/C23H22N6O2S/c1-23(2,3)18-9-19(29(4)28-18)27-21(30)12-5-6-14-13(7-12)8-15(24-14)20-22(31)26-17-11-32-10-16(17)25-20/h5-11,24H,1-4H3,(H,26,31)(H,27,30). The van der Waals surface area contributed by atoms with E-state index >= 15 is 0 Å². The normalized spacial score (nSPS) is 12.0. The molecule has 0 unspecified atom stereocenters. The van der Waals surface area contributed by atoms with Crippen molar-refractivity contribution >= 4 is 45.0 Å². The third-order valence-electron chi connectivity index (χ3n) is 5.36. The lowest BCUT2D eigenvalue weighted by atomic mass is 9.92. The first-order chi connectivity index (χ1) is 15.2. The number of hydrogen-bond acceptors (Lipinski definition) is 5. The molecule has 4 aromatic heterocycles. The molecule has 162 valence electrons.